The van der Waals surface area contributed by atoms with Gasteiger partial charge in [-0.15, -0.1) is 0 Å². The highest BCUT2D eigenvalue weighted by Gasteiger charge is 2.21. The Morgan fingerprint density at radius 2 is 0.717 bits per heavy atom. The highest BCUT2D eigenvalue weighted by atomic mass is 16.3. The minimum Gasteiger partial charge on any atom is -0.456 e. The Bertz CT molecular complexity index is 3140. The predicted octanol–water partition coefficient (Wildman–Crippen LogP) is 14.7. The topological polar surface area (TPSA) is 55.1 Å². The third kappa shape index (κ3) is 6.45. The van der Waals surface area contributed by atoms with Gasteiger partial charge in [0.1, 0.15) is 11.2 Å². The molecule has 0 saturated heterocycles. The van der Waals surface area contributed by atoms with Gasteiger partial charge in [0.05, 0.1) is 0 Å². The van der Waals surface area contributed by atoms with Crippen molar-refractivity contribution in [2.45, 2.75) is 0 Å². The maximum atomic E-state index is 6.74. The maximum Gasteiger partial charge on any atom is 0.164 e. The quantitative estimate of drug-likeness (QED) is 0.154. The summed E-state index contributed by atoms with van der Waals surface area (Å²) in [4.78, 5) is 17.5. The molecule has 0 bridgehead atoms. The Labute approximate surface area is 347 Å². The van der Waals surface area contributed by atoms with Gasteiger partial charge in [0.15, 0.2) is 17.5 Å². The molecule has 0 aliphatic heterocycles. The van der Waals surface area contributed by atoms with Crippen LogP contribution >= 0.6 is 0 Å². The molecule has 0 fully saturated rings. The van der Waals surface area contributed by atoms with Crippen LogP contribution in [0.5, 0.6) is 0 Å². The molecule has 0 atom stereocenters. The third-order valence-electron chi connectivity index (χ3n) is 11.1. The van der Waals surface area contributed by atoms with Crippen LogP contribution in [-0.4, -0.2) is 15.0 Å². The van der Waals surface area contributed by atoms with Gasteiger partial charge in [0.2, 0.25) is 0 Å². The summed E-state index contributed by atoms with van der Waals surface area (Å²) in [5, 5.41) is 4.18. The molecular formula is C55H36N4O. The first-order valence-electron chi connectivity index (χ1n) is 20.1. The molecular weight excluding hydrogens is 733 g/mol. The Morgan fingerprint density at radius 1 is 0.300 bits per heavy atom. The smallest absolute Gasteiger partial charge is 0.164 e. The molecule has 0 aliphatic carbocycles. The number of anilines is 3. The molecule has 0 aliphatic rings. The fraction of sp³-hybridized carbons (Fsp3) is 0. The Hall–Kier alpha value is -8.15. The van der Waals surface area contributed by atoms with Crippen LogP contribution in [0.25, 0.3) is 89.1 Å². The first kappa shape index (κ1) is 35.0. The minimum absolute atomic E-state index is 0.589. The third-order valence-corrected chi connectivity index (χ3v) is 11.1. The number of fused-ring (bicyclic) bond motifs is 5. The van der Waals surface area contributed by atoms with Crippen LogP contribution in [0.3, 0.4) is 0 Å². The fourth-order valence-electron chi connectivity index (χ4n) is 8.20. The zero-order valence-corrected chi connectivity index (χ0v) is 32.5. The summed E-state index contributed by atoms with van der Waals surface area (Å²) >= 11 is 0. The lowest BCUT2D eigenvalue weighted by Gasteiger charge is -2.26. The van der Waals surface area contributed by atoms with E-state index >= 15 is 0 Å². The van der Waals surface area contributed by atoms with E-state index in [0.29, 0.717) is 17.5 Å². The van der Waals surface area contributed by atoms with Gasteiger partial charge >= 0.3 is 0 Å². The predicted molar refractivity (Wildman–Crippen MR) is 246 cm³/mol. The molecule has 60 heavy (non-hydrogen) atoms. The highest BCUT2D eigenvalue weighted by molar-refractivity contribution is 6.22. The summed E-state index contributed by atoms with van der Waals surface area (Å²) in [6, 6.07) is 75.8. The van der Waals surface area contributed by atoms with Crippen LogP contribution in [0.4, 0.5) is 17.1 Å². The zero-order chi connectivity index (χ0) is 39.8. The van der Waals surface area contributed by atoms with Crippen LogP contribution in [0.2, 0.25) is 0 Å². The van der Waals surface area contributed by atoms with E-state index < -0.39 is 0 Å². The molecule has 0 spiro atoms. The van der Waals surface area contributed by atoms with Gasteiger partial charge < -0.3 is 9.32 Å². The second-order valence-electron chi connectivity index (χ2n) is 14.8. The first-order valence-corrected chi connectivity index (χ1v) is 20.1. The van der Waals surface area contributed by atoms with Crippen molar-refractivity contribution in [3.05, 3.63) is 218 Å². The molecule has 282 valence electrons. The molecule has 2 heterocycles. The largest absolute Gasteiger partial charge is 0.456 e. The van der Waals surface area contributed by atoms with Crippen LogP contribution in [-0.2, 0) is 0 Å². The first-order chi connectivity index (χ1) is 29.7. The molecule has 5 nitrogen and oxygen atoms in total. The molecule has 0 radical (unpaired) electrons. The van der Waals surface area contributed by atoms with Crippen LogP contribution in [0.1, 0.15) is 0 Å². The molecule has 0 unspecified atom stereocenters. The molecule has 5 heteroatoms. The van der Waals surface area contributed by atoms with Crippen LogP contribution < -0.4 is 4.90 Å². The van der Waals surface area contributed by atoms with E-state index in [1.165, 1.54) is 22.3 Å². The average Bonchev–Trinajstić information content (AvgIpc) is 3.71. The van der Waals surface area contributed by atoms with Crippen molar-refractivity contribution in [3.63, 3.8) is 0 Å². The number of benzene rings is 9. The summed E-state index contributed by atoms with van der Waals surface area (Å²) < 4.78 is 6.74. The highest BCUT2D eigenvalue weighted by Crippen LogP contribution is 2.43. The number of aromatic nitrogens is 3. The summed E-state index contributed by atoms with van der Waals surface area (Å²) in [5.41, 5.74) is 12.1. The SMILES string of the molecule is c1ccc(-c2ccc(N(c3ccc(-c4ccccc4)cc3)c3ccc4oc5cc(-c6nc(-c7ccccc7)nc(-c7ccccc7)n6)c6ccccc6c5c4c3)cc2)cc1. The Kier molecular flexibility index (Phi) is 8.75. The van der Waals surface area contributed by atoms with Crippen molar-refractivity contribution in [1.82, 2.24) is 15.0 Å². The molecule has 2 aromatic heterocycles. The van der Waals surface area contributed by atoms with Gasteiger partial charge in [-0.25, -0.2) is 15.0 Å². The minimum atomic E-state index is 0.589. The van der Waals surface area contributed by atoms with Gasteiger partial charge in [-0.05, 0) is 81.6 Å². The molecule has 0 amide bonds. The molecule has 9 aromatic carbocycles. The summed E-state index contributed by atoms with van der Waals surface area (Å²) in [6.45, 7) is 0. The fourth-order valence-corrected chi connectivity index (χ4v) is 8.20. The molecule has 0 saturated carbocycles. The Balaban J connectivity index is 1.08. The number of hydrogen-bond acceptors (Lipinski definition) is 5. The number of rotatable bonds is 8. The van der Waals surface area contributed by atoms with Gasteiger partial charge in [-0.2, -0.15) is 0 Å². The van der Waals surface area contributed by atoms with E-state index in [0.717, 1.165) is 66.5 Å². The van der Waals surface area contributed by atoms with Gasteiger partial charge in [-0.3, -0.25) is 0 Å². The van der Waals surface area contributed by atoms with E-state index in [4.69, 9.17) is 19.4 Å². The van der Waals surface area contributed by atoms with Crippen LogP contribution in [0, 0.1) is 0 Å². The summed E-state index contributed by atoms with van der Waals surface area (Å²) in [6.07, 6.45) is 0. The van der Waals surface area contributed by atoms with Crippen molar-refractivity contribution >= 4 is 49.8 Å². The summed E-state index contributed by atoms with van der Waals surface area (Å²) in [5.74, 6) is 1.82. The van der Waals surface area contributed by atoms with Crippen LogP contribution in [0.15, 0.2) is 223 Å². The number of furan rings is 1. The van der Waals surface area contributed by atoms with Gasteiger partial charge in [0.25, 0.3) is 0 Å². The van der Waals surface area contributed by atoms with E-state index in [2.05, 4.69) is 163 Å². The lowest BCUT2D eigenvalue weighted by Crippen LogP contribution is -2.09. The number of nitrogens with zero attached hydrogens (tertiary/aromatic N) is 4. The molecule has 0 N–H and O–H groups in total. The second kappa shape index (κ2) is 15.0. The van der Waals surface area contributed by atoms with E-state index in [9.17, 15) is 0 Å². The van der Waals surface area contributed by atoms with Gasteiger partial charge in [-0.1, -0.05) is 170 Å². The zero-order valence-electron chi connectivity index (χ0n) is 32.5. The second-order valence-corrected chi connectivity index (χ2v) is 14.8. The number of hydrogen-bond donors (Lipinski definition) is 0. The average molecular weight is 769 g/mol. The molecule has 11 aromatic rings. The van der Waals surface area contributed by atoms with Gasteiger partial charge in [0, 0.05) is 44.5 Å². The van der Waals surface area contributed by atoms with E-state index in [-0.39, 0.29) is 0 Å². The lowest BCUT2D eigenvalue weighted by atomic mass is 9.98. The van der Waals surface area contributed by atoms with E-state index in [1.807, 2.05) is 60.7 Å². The summed E-state index contributed by atoms with van der Waals surface area (Å²) in [7, 11) is 0. The van der Waals surface area contributed by atoms with Crippen molar-refractivity contribution < 1.29 is 4.42 Å². The van der Waals surface area contributed by atoms with E-state index in [1.54, 1.807) is 0 Å². The lowest BCUT2D eigenvalue weighted by molar-refractivity contribution is 0.669. The maximum absolute atomic E-state index is 6.74. The van der Waals surface area contributed by atoms with Crippen molar-refractivity contribution in [2.24, 2.45) is 0 Å². The molecule has 11 rings (SSSR count). The van der Waals surface area contributed by atoms with Crippen molar-refractivity contribution in [2.75, 3.05) is 4.90 Å². The monoisotopic (exact) mass is 768 g/mol. The standard InChI is InChI=1S/C55H36N4O/c1-5-15-37(16-6-1)39-25-29-43(30-26-39)59(44-31-27-40(28-32-44)38-17-7-2-8-18-38)45-33-34-50-49(35-45)52-47-24-14-13-23-46(47)48(36-51(52)60-50)55-57-53(41-19-9-3-10-20-41)56-54(58-55)42-21-11-4-12-22-42/h1-36H. The van der Waals surface area contributed by atoms with Crippen molar-refractivity contribution in [3.8, 4) is 56.4 Å². The normalized spacial score (nSPS) is 11.3. The Morgan fingerprint density at radius 3 is 1.23 bits per heavy atom. The van der Waals surface area contributed by atoms with Crippen molar-refractivity contribution in [1.29, 1.82) is 0 Å².